The summed E-state index contributed by atoms with van der Waals surface area (Å²) in [6, 6.07) is 0. The highest BCUT2D eigenvalue weighted by Gasteiger charge is 2.37. The van der Waals surface area contributed by atoms with E-state index in [9.17, 15) is 5.11 Å². The summed E-state index contributed by atoms with van der Waals surface area (Å²) in [7, 11) is 3.06. The van der Waals surface area contributed by atoms with E-state index in [2.05, 4.69) is 4.98 Å². The van der Waals surface area contributed by atoms with Gasteiger partial charge in [0.2, 0.25) is 0 Å². The van der Waals surface area contributed by atoms with Gasteiger partial charge in [0.25, 0.3) is 5.88 Å². The zero-order valence-corrected chi connectivity index (χ0v) is 10.2. The van der Waals surface area contributed by atoms with Crippen LogP contribution in [-0.4, -0.2) is 29.8 Å². The van der Waals surface area contributed by atoms with Crippen LogP contribution in [0.3, 0.4) is 0 Å². The number of hydrogen-bond acceptors (Lipinski definition) is 5. The lowest BCUT2D eigenvalue weighted by Gasteiger charge is -2.14. The van der Waals surface area contributed by atoms with Gasteiger partial charge in [-0.1, -0.05) is 0 Å². The Bertz CT molecular complexity index is 416. The van der Waals surface area contributed by atoms with Gasteiger partial charge < -0.3 is 20.3 Å². The van der Waals surface area contributed by atoms with Crippen molar-refractivity contribution in [2.24, 2.45) is 5.73 Å². The largest absolute Gasteiger partial charge is 0.506 e. The van der Waals surface area contributed by atoms with Gasteiger partial charge in [-0.2, -0.15) is 0 Å². The Morgan fingerprint density at radius 1 is 1.41 bits per heavy atom. The molecule has 0 spiro atoms. The molecule has 0 saturated heterocycles. The molecule has 1 aliphatic carbocycles. The van der Waals surface area contributed by atoms with Gasteiger partial charge in [-0.3, -0.25) is 0 Å². The van der Waals surface area contributed by atoms with Gasteiger partial charge in [-0.15, -0.1) is 0 Å². The number of ether oxygens (including phenoxy) is 2. The van der Waals surface area contributed by atoms with Crippen LogP contribution < -0.4 is 15.2 Å². The van der Waals surface area contributed by atoms with Crippen LogP contribution in [0, 0.1) is 0 Å². The van der Waals surface area contributed by atoms with Crippen molar-refractivity contribution < 1.29 is 14.6 Å². The number of pyridine rings is 1. The second-order valence-corrected chi connectivity index (χ2v) is 4.53. The van der Waals surface area contributed by atoms with Crippen LogP contribution in [0.2, 0.25) is 0 Å². The maximum absolute atomic E-state index is 9.82. The van der Waals surface area contributed by atoms with Crippen molar-refractivity contribution in [3.05, 3.63) is 11.8 Å². The summed E-state index contributed by atoms with van der Waals surface area (Å²) in [4.78, 5) is 3.96. The maximum Gasteiger partial charge on any atom is 0.257 e. The smallest absolute Gasteiger partial charge is 0.257 e. The van der Waals surface area contributed by atoms with Crippen molar-refractivity contribution in [1.29, 1.82) is 0 Å². The van der Waals surface area contributed by atoms with E-state index in [1.807, 2.05) is 0 Å². The van der Waals surface area contributed by atoms with Crippen molar-refractivity contribution in [3.63, 3.8) is 0 Å². The fourth-order valence-corrected chi connectivity index (χ4v) is 1.88. The van der Waals surface area contributed by atoms with E-state index in [0.29, 0.717) is 18.1 Å². The van der Waals surface area contributed by atoms with E-state index >= 15 is 0 Å². The molecule has 3 N–H and O–H groups in total. The molecule has 17 heavy (non-hydrogen) atoms. The summed E-state index contributed by atoms with van der Waals surface area (Å²) < 4.78 is 10.3. The summed E-state index contributed by atoms with van der Waals surface area (Å²) in [5, 5.41) is 9.82. The molecule has 1 aliphatic rings. The normalized spacial score (nSPS) is 16.6. The van der Waals surface area contributed by atoms with E-state index in [1.54, 1.807) is 0 Å². The topological polar surface area (TPSA) is 77.6 Å². The molecule has 2 rings (SSSR count). The van der Waals surface area contributed by atoms with Gasteiger partial charge >= 0.3 is 0 Å². The number of aromatic nitrogens is 1. The molecular weight excluding hydrogens is 220 g/mol. The minimum atomic E-state index is -0.0477. The molecule has 0 aliphatic heterocycles. The van der Waals surface area contributed by atoms with Gasteiger partial charge in [0.15, 0.2) is 5.75 Å². The average molecular weight is 238 g/mol. The maximum atomic E-state index is 9.82. The molecule has 0 radical (unpaired) electrons. The average Bonchev–Trinajstić information content (AvgIpc) is 3.05. The third-order valence-corrected chi connectivity index (χ3v) is 3.24. The molecule has 5 heteroatoms. The van der Waals surface area contributed by atoms with E-state index < -0.39 is 0 Å². The third kappa shape index (κ3) is 2.44. The van der Waals surface area contributed by atoms with Crippen LogP contribution in [0.4, 0.5) is 0 Å². The molecule has 1 aromatic heterocycles. The van der Waals surface area contributed by atoms with Crippen molar-refractivity contribution in [2.45, 2.75) is 31.2 Å². The van der Waals surface area contributed by atoms with Crippen LogP contribution in [0.1, 0.15) is 24.8 Å². The molecule has 1 fully saturated rings. The van der Waals surface area contributed by atoms with Crippen LogP contribution in [-0.2, 0) is 6.42 Å². The number of nitrogens with two attached hydrogens (primary N) is 1. The number of nitrogens with zero attached hydrogens (tertiary/aromatic N) is 1. The van der Waals surface area contributed by atoms with Crippen LogP contribution in [0.5, 0.6) is 17.4 Å². The van der Waals surface area contributed by atoms with Crippen molar-refractivity contribution in [2.75, 3.05) is 14.2 Å². The lowest BCUT2D eigenvalue weighted by Crippen LogP contribution is -2.22. The van der Waals surface area contributed by atoms with Crippen LogP contribution >= 0.6 is 0 Å². The Labute approximate surface area is 101 Å². The Hall–Kier alpha value is -1.49. The molecule has 1 heterocycles. The van der Waals surface area contributed by atoms with Crippen LogP contribution in [0.25, 0.3) is 0 Å². The highest BCUT2D eigenvalue weighted by atomic mass is 16.5. The lowest BCUT2D eigenvalue weighted by molar-refractivity contribution is 0.333. The van der Waals surface area contributed by atoms with Gasteiger partial charge in [-0.25, -0.2) is 4.98 Å². The van der Waals surface area contributed by atoms with Crippen LogP contribution in [0.15, 0.2) is 6.20 Å². The molecule has 0 amide bonds. The standard InChI is InChI=1S/C12H18N2O3/c1-16-10-8(3-4-12(13)5-6-12)9(15)7-14-11(10)17-2/h7,15H,3-6,13H2,1-2H3. The number of aromatic hydroxyl groups is 1. The minimum Gasteiger partial charge on any atom is -0.506 e. The summed E-state index contributed by atoms with van der Waals surface area (Å²) in [6.45, 7) is 0. The highest BCUT2D eigenvalue weighted by Crippen LogP contribution is 2.40. The molecule has 94 valence electrons. The molecule has 0 unspecified atom stereocenters. The Kier molecular flexibility index (Phi) is 3.11. The first kappa shape index (κ1) is 12.0. The summed E-state index contributed by atoms with van der Waals surface area (Å²) >= 11 is 0. The first-order valence-electron chi connectivity index (χ1n) is 5.67. The van der Waals surface area contributed by atoms with Gasteiger partial charge in [0, 0.05) is 11.1 Å². The fourth-order valence-electron chi connectivity index (χ4n) is 1.88. The second kappa shape index (κ2) is 4.41. The Morgan fingerprint density at radius 2 is 2.12 bits per heavy atom. The summed E-state index contributed by atoms with van der Waals surface area (Å²) in [5.74, 6) is 1.02. The van der Waals surface area contributed by atoms with E-state index in [4.69, 9.17) is 15.2 Å². The van der Waals surface area contributed by atoms with Crippen molar-refractivity contribution in [3.8, 4) is 17.4 Å². The fraction of sp³-hybridized carbons (Fsp3) is 0.583. The summed E-state index contributed by atoms with van der Waals surface area (Å²) in [6.07, 6.45) is 5.00. The molecule has 1 saturated carbocycles. The predicted molar refractivity (Wildman–Crippen MR) is 63.5 cm³/mol. The first-order valence-corrected chi connectivity index (χ1v) is 5.67. The quantitative estimate of drug-likeness (QED) is 0.806. The molecule has 0 bridgehead atoms. The van der Waals surface area contributed by atoms with Crippen molar-refractivity contribution >= 4 is 0 Å². The molecule has 0 aromatic carbocycles. The Morgan fingerprint density at radius 3 is 2.65 bits per heavy atom. The minimum absolute atomic E-state index is 0.0477. The molecule has 5 nitrogen and oxygen atoms in total. The Balaban J connectivity index is 2.23. The zero-order valence-electron chi connectivity index (χ0n) is 10.2. The summed E-state index contributed by atoms with van der Waals surface area (Å²) in [5.41, 5.74) is 6.71. The van der Waals surface area contributed by atoms with Crippen molar-refractivity contribution in [1.82, 2.24) is 4.98 Å². The van der Waals surface area contributed by atoms with Gasteiger partial charge in [-0.05, 0) is 25.7 Å². The van der Waals surface area contributed by atoms with Gasteiger partial charge in [0.1, 0.15) is 5.75 Å². The molecular formula is C12H18N2O3. The second-order valence-electron chi connectivity index (χ2n) is 4.53. The zero-order chi connectivity index (χ0) is 12.5. The number of hydrogen-bond donors (Lipinski definition) is 2. The van der Waals surface area contributed by atoms with E-state index in [1.165, 1.54) is 20.4 Å². The van der Waals surface area contributed by atoms with Gasteiger partial charge in [0.05, 0.1) is 20.4 Å². The predicted octanol–water partition coefficient (Wildman–Crippen LogP) is 1.23. The number of rotatable bonds is 5. The monoisotopic (exact) mass is 238 g/mol. The molecule has 0 atom stereocenters. The lowest BCUT2D eigenvalue weighted by atomic mass is 10.0. The molecule has 1 aromatic rings. The SMILES string of the molecule is COc1ncc(O)c(CCC2(N)CC2)c1OC. The third-order valence-electron chi connectivity index (χ3n) is 3.24. The highest BCUT2D eigenvalue weighted by molar-refractivity contribution is 5.49. The number of methoxy groups -OCH3 is 2. The van der Waals surface area contributed by atoms with E-state index in [0.717, 1.165) is 24.8 Å². The first-order chi connectivity index (χ1) is 8.09. The van der Waals surface area contributed by atoms with E-state index in [-0.39, 0.29) is 11.3 Å².